The maximum absolute atomic E-state index is 11.5. The lowest BCUT2D eigenvalue weighted by Gasteiger charge is -2.18. The molecule has 2 N–H and O–H groups in total. The molecule has 0 bridgehead atoms. The first-order valence-electron chi connectivity index (χ1n) is 9.05. The summed E-state index contributed by atoms with van der Waals surface area (Å²) in [4.78, 5) is 32.1. The highest BCUT2D eigenvalue weighted by Crippen LogP contribution is 2.15. The fourth-order valence-corrected chi connectivity index (χ4v) is 2.34. The molecular weight excluding hydrogens is 428 g/mol. The van der Waals surface area contributed by atoms with Crippen LogP contribution in [0.15, 0.2) is 28.7 Å². The number of amides is 2. The molecule has 1 atom stereocenters. The van der Waals surface area contributed by atoms with E-state index in [0.717, 1.165) is 16.6 Å². The summed E-state index contributed by atoms with van der Waals surface area (Å²) < 4.78 is 11.1. The number of ether oxygens (including phenoxy) is 2. The van der Waals surface area contributed by atoms with Crippen molar-refractivity contribution in [3.8, 4) is 0 Å². The molecular formula is C20H31BrN2O5. The van der Waals surface area contributed by atoms with Gasteiger partial charge in [-0.3, -0.25) is 14.9 Å². The lowest BCUT2D eigenvalue weighted by atomic mass is 10.1. The van der Waals surface area contributed by atoms with Gasteiger partial charge in [0.05, 0.1) is 0 Å². The van der Waals surface area contributed by atoms with Crippen LogP contribution in [0.2, 0.25) is 0 Å². The third-order valence-corrected chi connectivity index (χ3v) is 3.48. The topological polar surface area (TPSA) is 93.7 Å². The second-order valence-electron chi connectivity index (χ2n) is 7.56. The molecule has 1 rings (SSSR count). The van der Waals surface area contributed by atoms with Crippen molar-refractivity contribution in [3.05, 3.63) is 28.7 Å². The van der Waals surface area contributed by atoms with Crippen LogP contribution in [0.1, 0.15) is 48.0 Å². The molecule has 1 aromatic carbocycles. The summed E-state index contributed by atoms with van der Waals surface area (Å²) in [6, 6.07) is 7.37. The summed E-state index contributed by atoms with van der Waals surface area (Å²) in [6.45, 7) is 11.4. The molecule has 0 aromatic heterocycles. The lowest BCUT2D eigenvalue weighted by molar-refractivity contribution is -0.154. The van der Waals surface area contributed by atoms with Crippen molar-refractivity contribution in [3.63, 3.8) is 0 Å². The van der Waals surface area contributed by atoms with Gasteiger partial charge in [-0.1, -0.05) is 29.8 Å². The van der Waals surface area contributed by atoms with Crippen molar-refractivity contribution < 1.29 is 23.9 Å². The lowest BCUT2D eigenvalue weighted by Crippen LogP contribution is -2.30. The van der Waals surface area contributed by atoms with Gasteiger partial charge >= 0.3 is 12.1 Å². The van der Waals surface area contributed by atoms with Gasteiger partial charge in [0, 0.05) is 10.2 Å². The molecule has 28 heavy (non-hydrogen) atoms. The number of halogens is 1. The fourth-order valence-electron chi connectivity index (χ4n) is 2.08. The maximum Gasteiger partial charge on any atom is 0.411 e. The van der Waals surface area contributed by atoms with Crippen molar-refractivity contribution >= 4 is 40.1 Å². The zero-order chi connectivity index (χ0) is 21.7. The molecule has 0 aliphatic rings. The third-order valence-electron chi connectivity index (χ3n) is 2.95. The Bertz CT molecular complexity index is 612. The number of nitrogens with one attached hydrogen (secondary N) is 2. The normalized spacial score (nSPS) is 11.6. The van der Waals surface area contributed by atoms with Crippen LogP contribution in [-0.2, 0) is 19.1 Å². The summed E-state index contributed by atoms with van der Waals surface area (Å²) >= 11 is 3.34. The summed E-state index contributed by atoms with van der Waals surface area (Å²) in [6.07, 6.45) is 0.864. The van der Waals surface area contributed by atoms with Gasteiger partial charge in [0.1, 0.15) is 18.2 Å². The van der Waals surface area contributed by atoms with Crippen molar-refractivity contribution in [1.29, 1.82) is 0 Å². The van der Waals surface area contributed by atoms with Crippen LogP contribution in [0.4, 0.5) is 10.5 Å². The highest BCUT2D eigenvalue weighted by atomic mass is 79.9. The van der Waals surface area contributed by atoms with Crippen molar-refractivity contribution in [2.45, 2.75) is 59.7 Å². The molecule has 158 valence electrons. The first kappa shape index (κ1) is 25.9. The molecule has 0 saturated carbocycles. The average Bonchev–Trinajstić information content (AvgIpc) is 2.53. The van der Waals surface area contributed by atoms with Gasteiger partial charge in [-0.05, 0) is 64.3 Å². The van der Waals surface area contributed by atoms with Crippen LogP contribution < -0.4 is 10.6 Å². The van der Waals surface area contributed by atoms with Crippen LogP contribution in [0.3, 0.4) is 0 Å². The number of hydrogen-bond donors (Lipinski definition) is 2. The minimum Gasteiger partial charge on any atom is -0.459 e. The van der Waals surface area contributed by atoms with E-state index in [1.807, 2.05) is 31.2 Å². The molecule has 0 spiro atoms. The zero-order valence-corrected chi connectivity index (χ0v) is 19.0. The molecule has 1 aromatic rings. The zero-order valence-electron chi connectivity index (χ0n) is 17.4. The van der Waals surface area contributed by atoms with Gasteiger partial charge < -0.3 is 14.8 Å². The number of anilines is 1. The van der Waals surface area contributed by atoms with E-state index in [9.17, 15) is 14.4 Å². The smallest absolute Gasteiger partial charge is 0.411 e. The average molecular weight is 459 g/mol. The van der Waals surface area contributed by atoms with E-state index in [2.05, 4.69) is 40.4 Å². The summed E-state index contributed by atoms with van der Waals surface area (Å²) in [5, 5.41) is 4.91. The van der Waals surface area contributed by atoms with Gasteiger partial charge in [-0.2, -0.15) is 0 Å². The first-order chi connectivity index (χ1) is 12.9. The van der Waals surface area contributed by atoms with E-state index < -0.39 is 17.7 Å². The largest absolute Gasteiger partial charge is 0.459 e. The van der Waals surface area contributed by atoms with E-state index in [1.54, 1.807) is 20.8 Å². The second kappa shape index (κ2) is 13.1. The Labute approximate surface area is 175 Å². The van der Waals surface area contributed by atoms with Gasteiger partial charge in [0.25, 0.3) is 0 Å². The number of esters is 1. The quantitative estimate of drug-likeness (QED) is 0.463. The Morgan fingerprint density at radius 2 is 1.71 bits per heavy atom. The van der Waals surface area contributed by atoms with E-state index in [4.69, 9.17) is 9.47 Å². The number of rotatable bonds is 7. The third kappa shape index (κ3) is 15.0. The SMILES string of the molecule is CC(C)(C)OC(=O)CNC=O.CC(C)CC(C)OC(=O)Nc1ccc(Br)cc1. The van der Waals surface area contributed by atoms with Crippen LogP contribution in [0, 0.1) is 5.92 Å². The van der Waals surface area contributed by atoms with E-state index in [1.165, 1.54) is 0 Å². The molecule has 1 unspecified atom stereocenters. The van der Waals surface area contributed by atoms with E-state index in [0.29, 0.717) is 12.3 Å². The first-order valence-corrected chi connectivity index (χ1v) is 9.84. The van der Waals surface area contributed by atoms with Gasteiger partial charge in [-0.25, -0.2) is 4.79 Å². The van der Waals surface area contributed by atoms with Crippen molar-refractivity contribution in [2.75, 3.05) is 11.9 Å². The van der Waals surface area contributed by atoms with Crippen LogP contribution in [-0.4, -0.2) is 36.7 Å². The minimum atomic E-state index is -0.484. The highest BCUT2D eigenvalue weighted by molar-refractivity contribution is 9.10. The molecule has 0 aliphatic heterocycles. The van der Waals surface area contributed by atoms with E-state index >= 15 is 0 Å². The van der Waals surface area contributed by atoms with Crippen molar-refractivity contribution in [1.82, 2.24) is 5.32 Å². The van der Waals surface area contributed by atoms with Gasteiger partial charge in [-0.15, -0.1) is 0 Å². The van der Waals surface area contributed by atoms with Crippen LogP contribution in [0.25, 0.3) is 0 Å². The molecule has 7 nitrogen and oxygen atoms in total. The predicted molar refractivity (Wildman–Crippen MR) is 113 cm³/mol. The van der Waals surface area contributed by atoms with Crippen LogP contribution in [0.5, 0.6) is 0 Å². The summed E-state index contributed by atoms with van der Waals surface area (Å²) in [5.41, 5.74) is 0.247. The molecule has 0 fully saturated rings. The molecule has 8 heteroatoms. The number of benzene rings is 1. The van der Waals surface area contributed by atoms with Gasteiger partial charge in [0.15, 0.2) is 0 Å². The molecule has 0 radical (unpaired) electrons. The molecule has 0 heterocycles. The predicted octanol–water partition coefficient (Wildman–Crippen LogP) is 4.51. The fraction of sp³-hybridized carbons (Fsp3) is 0.550. The Morgan fingerprint density at radius 1 is 1.14 bits per heavy atom. The Hall–Kier alpha value is -2.09. The number of hydrogen-bond acceptors (Lipinski definition) is 5. The minimum absolute atomic E-state index is 0.0644. The Kier molecular flexibility index (Phi) is 12.2. The summed E-state index contributed by atoms with van der Waals surface area (Å²) in [7, 11) is 0. The van der Waals surface area contributed by atoms with Crippen LogP contribution >= 0.6 is 15.9 Å². The summed E-state index contributed by atoms with van der Waals surface area (Å²) in [5.74, 6) is 0.0927. The van der Waals surface area contributed by atoms with E-state index in [-0.39, 0.29) is 12.6 Å². The Morgan fingerprint density at radius 3 is 2.18 bits per heavy atom. The highest BCUT2D eigenvalue weighted by Gasteiger charge is 2.15. The standard InChI is InChI=1S/C13H18BrNO2.C7H13NO3/c1-9(2)8-10(3)17-13(16)15-12-6-4-11(14)5-7-12;1-7(2,3)11-6(10)4-8-5-9/h4-7,9-10H,8H2,1-3H3,(H,15,16);5H,4H2,1-3H3,(H,8,9). The molecule has 2 amide bonds. The molecule has 0 aliphatic carbocycles. The number of carbonyl (C=O) groups is 3. The Balaban J connectivity index is 0.000000576. The van der Waals surface area contributed by atoms with Gasteiger partial charge in [0.2, 0.25) is 6.41 Å². The number of carbonyl (C=O) groups excluding carboxylic acids is 3. The second-order valence-corrected chi connectivity index (χ2v) is 8.48. The monoisotopic (exact) mass is 458 g/mol. The van der Waals surface area contributed by atoms with Crippen molar-refractivity contribution in [2.24, 2.45) is 5.92 Å². The molecule has 0 saturated heterocycles. The maximum atomic E-state index is 11.5.